The summed E-state index contributed by atoms with van der Waals surface area (Å²) in [4.78, 5) is 22.3. The molecule has 1 aliphatic heterocycles. The number of hydrogen-bond donors (Lipinski definition) is 2. The maximum absolute atomic E-state index is 12.3. The Morgan fingerprint density at radius 3 is 2.85 bits per heavy atom. The van der Waals surface area contributed by atoms with Crippen LogP contribution in [0.15, 0.2) is 11.2 Å². The zero-order chi connectivity index (χ0) is 14.9. The van der Waals surface area contributed by atoms with E-state index in [9.17, 15) is 18.0 Å². The first-order chi connectivity index (χ1) is 9.37. The zero-order valence-electron chi connectivity index (χ0n) is 10.6. The molecule has 0 bridgehead atoms. The number of ether oxygens (including phenoxy) is 1. The van der Waals surface area contributed by atoms with E-state index in [4.69, 9.17) is 5.11 Å². The average Bonchev–Trinajstić information content (AvgIpc) is 3.06. The van der Waals surface area contributed by atoms with Gasteiger partial charge >= 0.3 is 11.9 Å². The van der Waals surface area contributed by atoms with E-state index in [-0.39, 0.29) is 13.1 Å². The molecule has 1 unspecified atom stereocenters. The lowest BCUT2D eigenvalue weighted by Crippen LogP contribution is -2.31. The van der Waals surface area contributed by atoms with Crippen LogP contribution in [0.1, 0.15) is 16.8 Å². The van der Waals surface area contributed by atoms with Gasteiger partial charge in [-0.2, -0.15) is 9.40 Å². The van der Waals surface area contributed by atoms with Gasteiger partial charge in [0.1, 0.15) is 5.56 Å². The summed E-state index contributed by atoms with van der Waals surface area (Å²) < 4.78 is 30.3. The Bertz CT molecular complexity index is 637. The van der Waals surface area contributed by atoms with Crippen LogP contribution in [0.3, 0.4) is 0 Å². The normalized spacial score (nSPS) is 19.9. The molecule has 1 fully saturated rings. The SMILES string of the molecule is COC(=O)C1CCN(S(=O)(=O)c2[nH]ncc2C(=O)O)C1. The highest BCUT2D eigenvalue weighted by molar-refractivity contribution is 7.89. The van der Waals surface area contributed by atoms with Crippen LogP contribution >= 0.6 is 0 Å². The van der Waals surface area contributed by atoms with Crippen molar-refractivity contribution in [3.05, 3.63) is 11.8 Å². The Labute approximate surface area is 114 Å². The van der Waals surface area contributed by atoms with E-state index in [0.29, 0.717) is 6.42 Å². The summed E-state index contributed by atoms with van der Waals surface area (Å²) in [6.45, 7) is 0.0905. The lowest BCUT2D eigenvalue weighted by molar-refractivity contribution is -0.144. The number of carboxylic acids is 1. The second kappa shape index (κ2) is 5.21. The summed E-state index contributed by atoms with van der Waals surface area (Å²) in [5.41, 5.74) is -0.425. The van der Waals surface area contributed by atoms with Crippen molar-refractivity contribution in [3.8, 4) is 0 Å². The third-order valence-corrected chi connectivity index (χ3v) is 4.96. The Balaban J connectivity index is 2.26. The minimum Gasteiger partial charge on any atom is -0.478 e. The predicted molar refractivity (Wildman–Crippen MR) is 64.4 cm³/mol. The van der Waals surface area contributed by atoms with Gasteiger partial charge in [-0.3, -0.25) is 9.89 Å². The third-order valence-electron chi connectivity index (χ3n) is 3.12. The fourth-order valence-electron chi connectivity index (χ4n) is 2.06. The molecule has 0 aliphatic carbocycles. The largest absolute Gasteiger partial charge is 0.478 e. The van der Waals surface area contributed by atoms with Crippen molar-refractivity contribution >= 4 is 22.0 Å². The van der Waals surface area contributed by atoms with E-state index in [2.05, 4.69) is 14.9 Å². The molecule has 2 heterocycles. The first kappa shape index (κ1) is 14.5. The molecule has 1 aromatic heterocycles. The lowest BCUT2D eigenvalue weighted by atomic mass is 10.1. The molecule has 20 heavy (non-hydrogen) atoms. The quantitative estimate of drug-likeness (QED) is 0.703. The second-order valence-electron chi connectivity index (χ2n) is 4.29. The second-order valence-corrected chi connectivity index (χ2v) is 6.16. The van der Waals surface area contributed by atoms with Gasteiger partial charge in [0.2, 0.25) is 0 Å². The minimum absolute atomic E-state index is 0.0346. The average molecular weight is 303 g/mol. The number of H-pyrrole nitrogens is 1. The van der Waals surface area contributed by atoms with Crippen LogP contribution in [0.2, 0.25) is 0 Å². The number of carbonyl (C=O) groups excluding carboxylic acids is 1. The van der Waals surface area contributed by atoms with E-state index in [1.807, 2.05) is 0 Å². The van der Waals surface area contributed by atoms with Gasteiger partial charge in [-0.15, -0.1) is 0 Å². The molecule has 1 aromatic rings. The summed E-state index contributed by atoms with van der Waals surface area (Å²) in [6.07, 6.45) is 1.27. The van der Waals surface area contributed by atoms with Crippen molar-refractivity contribution in [2.45, 2.75) is 11.4 Å². The van der Waals surface area contributed by atoms with Gasteiger partial charge in [-0.1, -0.05) is 0 Å². The lowest BCUT2D eigenvalue weighted by Gasteiger charge is -2.15. The fourth-order valence-corrected chi connectivity index (χ4v) is 3.62. The molecule has 1 aliphatic rings. The summed E-state index contributed by atoms with van der Waals surface area (Å²) in [5, 5.41) is 14.1. The van der Waals surface area contributed by atoms with Crippen molar-refractivity contribution in [2.24, 2.45) is 5.92 Å². The monoisotopic (exact) mass is 303 g/mol. The Hall–Kier alpha value is -1.94. The predicted octanol–water partition coefficient (Wildman–Crippen LogP) is -0.708. The summed E-state index contributed by atoms with van der Waals surface area (Å²) in [6, 6.07) is 0. The van der Waals surface area contributed by atoms with Crippen LogP contribution in [0.25, 0.3) is 0 Å². The van der Waals surface area contributed by atoms with Crippen molar-refractivity contribution in [2.75, 3.05) is 20.2 Å². The molecule has 2 N–H and O–H groups in total. The molecular formula is C10H13N3O6S. The minimum atomic E-state index is -4.02. The molecule has 2 rings (SSSR count). The Morgan fingerprint density at radius 2 is 2.25 bits per heavy atom. The topological polar surface area (TPSA) is 130 Å². The summed E-state index contributed by atoms with van der Waals surface area (Å²) >= 11 is 0. The van der Waals surface area contributed by atoms with Gasteiger partial charge < -0.3 is 9.84 Å². The third kappa shape index (κ3) is 2.39. The van der Waals surface area contributed by atoms with E-state index in [1.54, 1.807) is 0 Å². The molecule has 0 radical (unpaired) electrons. The molecule has 0 saturated carbocycles. The highest BCUT2D eigenvalue weighted by Gasteiger charge is 2.38. The van der Waals surface area contributed by atoms with E-state index >= 15 is 0 Å². The first-order valence-electron chi connectivity index (χ1n) is 5.72. The molecule has 1 atom stereocenters. The van der Waals surface area contributed by atoms with Gasteiger partial charge in [-0.05, 0) is 6.42 Å². The standard InChI is InChI=1S/C10H13N3O6S/c1-19-10(16)6-2-3-13(5-6)20(17,18)8-7(9(14)15)4-11-12-8/h4,6H,2-3,5H2,1H3,(H,11,12)(H,14,15). The number of nitrogens with zero attached hydrogens (tertiary/aromatic N) is 2. The number of carbonyl (C=O) groups is 2. The molecule has 0 amide bonds. The Kier molecular flexibility index (Phi) is 3.77. The van der Waals surface area contributed by atoms with Crippen molar-refractivity contribution < 1.29 is 27.9 Å². The van der Waals surface area contributed by atoms with Gasteiger partial charge in [0.25, 0.3) is 10.0 Å². The highest BCUT2D eigenvalue weighted by Crippen LogP contribution is 2.25. The molecule has 1 saturated heterocycles. The van der Waals surface area contributed by atoms with E-state index in [0.717, 1.165) is 10.5 Å². The number of carboxylic acid groups (broad SMARTS) is 1. The van der Waals surface area contributed by atoms with Crippen molar-refractivity contribution in [1.82, 2.24) is 14.5 Å². The summed E-state index contributed by atoms with van der Waals surface area (Å²) in [7, 11) is -2.79. The number of aromatic nitrogens is 2. The molecule has 9 nitrogen and oxygen atoms in total. The number of rotatable bonds is 4. The smallest absolute Gasteiger partial charge is 0.340 e. The van der Waals surface area contributed by atoms with Gasteiger partial charge in [-0.25, -0.2) is 13.2 Å². The van der Waals surface area contributed by atoms with Crippen LogP contribution < -0.4 is 0 Å². The molecule has 110 valence electrons. The Morgan fingerprint density at radius 1 is 1.55 bits per heavy atom. The van der Waals surface area contributed by atoms with Crippen LogP contribution in [-0.4, -0.2) is 60.2 Å². The summed E-state index contributed by atoms with van der Waals surface area (Å²) in [5.74, 6) is -2.40. The van der Waals surface area contributed by atoms with Crippen LogP contribution in [0, 0.1) is 5.92 Å². The zero-order valence-corrected chi connectivity index (χ0v) is 11.4. The number of hydrogen-bond acceptors (Lipinski definition) is 6. The highest BCUT2D eigenvalue weighted by atomic mass is 32.2. The van der Waals surface area contributed by atoms with Gasteiger partial charge in [0, 0.05) is 13.1 Å². The van der Waals surface area contributed by atoms with E-state index in [1.165, 1.54) is 7.11 Å². The van der Waals surface area contributed by atoms with E-state index < -0.39 is 38.5 Å². The number of nitrogens with one attached hydrogen (secondary N) is 1. The number of esters is 1. The van der Waals surface area contributed by atoms with Crippen molar-refractivity contribution in [3.63, 3.8) is 0 Å². The first-order valence-corrected chi connectivity index (χ1v) is 7.16. The molecule has 10 heteroatoms. The fraction of sp³-hybridized carbons (Fsp3) is 0.500. The number of sulfonamides is 1. The number of methoxy groups -OCH3 is 1. The maximum Gasteiger partial charge on any atom is 0.340 e. The van der Waals surface area contributed by atoms with Crippen molar-refractivity contribution in [1.29, 1.82) is 0 Å². The molecular weight excluding hydrogens is 290 g/mol. The van der Waals surface area contributed by atoms with Crippen LogP contribution in [0.4, 0.5) is 0 Å². The van der Waals surface area contributed by atoms with Gasteiger partial charge in [0.05, 0.1) is 19.2 Å². The van der Waals surface area contributed by atoms with Crippen LogP contribution in [-0.2, 0) is 19.6 Å². The number of aromatic amines is 1. The number of aromatic carboxylic acids is 1. The molecule has 0 spiro atoms. The van der Waals surface area contributed by atoms with Gasteiger partial charge in [0.15, 0.2) is 5.03 Å². The maximum atomic E-state index is 12.3. The molecule has 0 aromatic carbocycles. The van der Waals surface area contributed by atoms with Crippen LogP contribution in [0.5, 0.6) is 0 Å².